The molecule has 3 aromatic rings. The normalized spacial score (nSPS) is 18.5. The number of ether oxygens (including phenoxy) is 1. The monoisotopic (exact) mass is 423 g/mol. The van der Waals surface area contributed by atoms with Crippen LogP contribution in [0.4, 0.5) is 5.13 Å². The summed E-state index contributed by atoms with van der Waals surface area (Å²) in [6.07, 6.45) is 4.87. The number of aromatic amines is 1. The molecule has 4 heterocycles. The molecule has 0 unspecified atom stereocenters. The zero-order valence-corrected chi connectivity index (χ0v) is 18.0. The van der Waals surface area contributed by atoms with E-state index in [2.05, 4.69) is 14.9 Å². The van der Waals surface area contributed by atoms with E-state index >= 15 is 0 Å². The fourth-order valence-electron chi connectivity index (χ4n) is 4.37. The number of anilines is 1. The van der Waals surface area contributed by atoms with Gasteiger partial charge in [-0.2, -0.15) is 0 Å². The van der Waals surface area contributed by atoms with Gasteiger partial charge in [-0.15, -0.1) is 0 Å². The van der Waals surface area contributed by atoms with E-state index in [0.717, 1.165) is 57.9 Å². The zero-order valence-electron chi connectivity index (χ0n) is 17.2. The van der Waals surface area contributed by atoms with Crippen LogP contribution in [0.5, 0.6) is 5.75 Å². The molecule has 2 aliphatic heterocycles. The van der Waals surface area contributed by atoms with E-state index in [9.17, 15) is 4.79 Å². The number of aryl methyl sites for hydroxylation is 1. The summed E-state index contributed by atoms with van der Waals surface area (Å²) in [5.74, 6) is 0.827. The summed E-state index contributed by atoms with van der Waals surface area (Å²) in [5, 5.41) is 0.965. The lowest BCUT2D eigenvalue weighted by molar-refractivity contribution is 0.0694. The Morgan fingerprint density at radius 3 is 2.70 bits per heavy atom. The number of hydrogen-bond donors (Lipinski definition) is 1. The number of carbonyl (C=O) groups excluding carboxylic acids is 1. The largest absolute Gasteiger partial charge is 0.497 e. The number of methoxy groups -OCH3 is 1. The average Bonchev–Trinajstić information content (AvgIpc) is 3.53. The third-order valence-electron chi connectivity index (χ3n) is 5.97. The van der Waals surface area contributed by atoms with Gasteiger partial charge in [-0.05, 0) is 37.5 Å². The number of amides is 1. The van der Waals surface area contributed by atoms with E-state index in [1.54, 1.807) is 13.4 Å². The molecular formula is C22H25N5O2S. The van der Waals surface area contributed by atoms with Crippen molar-refractivity contribution in [3.8, 4) is 5.75 Å². The van der Waals surface area contributed by atoms with Gasteiger partial charge in [0, 0.05) is 31.7 Å². The van der Waals surface area contributed by atoms with E-state index in [-0.39, 0.29) is 11.9 Å². The molecule has 2 aromatic heterocycles. The zero-order chi connectivity index (χ0) is 20.7. The predicted molar refractivity (Wildman–Crippen MR) is 116 cm³/mol. The lowest BCUT2D eigenvalue weighted by Gasteiger charge is -2.35. The lowest BCUT2D eigenvalue weighted by atomic mass is 9.95. The number of H-pyrrole nitrogens is 1. The number of carbonyl (C=O) groups is 1. The standard InChI is InChI=1S/C22H25N5O2S/c1-14-20(30-22(25-14)26-10-3-4-11-26)21(28)27-12-9-17-18(24-13-23-17)19(27)15-5-7-16(29-2)8-6-15/h5-8,13,19H,3-4,9-12H2,1-2H3,(H,23,24)/t19-/m0/s1. The first-order valence-corrected chi connectivity index (χ1v) is 11.2. The summed E-state index contributed by atoms with van der Waals surface area (Å²) in [6, 6.07) is 7.67. The van der Waals surface area contributed by atoms with Gasteiger partial charge in [0.05, 0.1) is 24.8 Å². The Kier molecular flexibility index (Phi) is 4.94. The average molecular weight is 424 g/mol. The van der Waals surface area contributed by atoms with Crippen LogP contribution >= 0.6 is 11.3 Å². The van der Waals surface area contributed by atoms with E-state index in [1.807, 2.05) is 36.1 Å². The highest BCUT2D eigenvalue weighted by Gasteiger charge is 2.36. The highest BCUT2D eigenvalue weighted by molar-refractivity contribution is 7.17. The minimum atomic E-state index is -0.227. The molecule has 0 spiro atoms. The summed E-state index contributed by atoms with van der Waals surface area (Å²) >= 11 is 1.52. The molecule has 1 atom stereocenters. The maximum absolute atomic E-state index is 13.7. The fraction of sp³-hybridized carbons (Fsp3) is 0.409. The lowest BCUT2D eigenvalue weighted by Crippen LogP contribution is -2.40. The molecule has 8 heteroatoms. The molecular weight excluding hydrogens is 398 g/mol. The summed E-state index contributed by atoms with van der Waals surface area (Å²) in [4.78, 5) is 31.2. The SMILES string of the molecule is COc1ccc([C@H]2c3nc[nH]c3CCN2C(=O)c2sc(N3CCCC3)nc2C)cc1. The number of benzene rings is 1. The van der Waals surface area contributed by atoms with Crippen molar-refractivity contribution in [2.24, 2.45) is 0 Å². The van der Waals surface area contributed by atoms with Gasteiger partial charge in [0.2, 0.25) is 0 Å². The smallest absolute Gasteiger partial charge is 0.266 e. The minimum Gasteiger partial charge on any atom is -0.497 e. The third-order valence-corrected chi connectivity index (χ3v) is 7.18. The molecule has 0 bridgehead atoms. The van der Waals surface area contributed by atoms with Crippen molar-refractivity contribution in [2.75, 3.05) is 31.6 Å². The number of nitrogens with one attached hydrogen (secondary N) is 1. The third kappa shape index (κ3) is 3.25. The van der Waals surface area contributed by atoms with Gasteiger partial charge in [-0.1, -0.05) is 23.5 Å². The second-order valence-electron chi connectivity index (χ2n) is 7.80. The number of hydrogen-bond acceptors (Lipinski definition) is 6. The van der Waals surface area contributed by atoms with E-state index in [0.29, 0.717) is 6.54 Å². The van der Waals surface area contributed by atoms with E-state index < -0.39 is 0 Å². The highest BCUT2D eigenvalue weighted by Crippen LogP contribution is 2.37. The van der Waals surface area contributed by atoms with Crippen molar-refractivity contribution in [1.82, 2.24) is 19.9 Å². The molecule has 156 valence electrons. The van der Waals surface area contributed by atoms with Crippen molar-refractivity contribution in [1.29, 1.82) is 0 Å². The molecule has 1 saturated heterocycles. The Bertz CT molecular complexity index is 1050. The quantitative estimate of drug-likeness (QED) is 0.694. The Morgan fingerprint density at radius 1 is 1.20 bits per heavy atom. The minimum absolute atomic E-state index is 0.0323. The Hall–Kier alpha value is -2.87. The molecule has 1 N–H and O–H groups in total. The first kappa shape index (κ1) is 19.1. The number of imidazole rings is 1. The van der Waals surface area contributed by atoms with E-state index in [1.165, 1.54) is 24.2 Å². The number of aromatic nitrogens is 3. The van der Waals surface area contributed by atoms with Crippen molar-refractivity contribution >= 4 is 22.4 Å². The summed E-state index contributed by atoms with van der Waals surface area (Å²) in [6.45, 7) is 4.63. The van der Waals surface area contributed by atoms with Crippen molar-refractivity contribution < 1.29 is 9.53 Å². The molecule has 1 aromatic carbocycles. The summed E-state index contributed by atoms with van der Waals surface area (Å²) < 4.78 is 5.31. The molecule has 0 saturated carbocycles. The predicted octanol–water partition coefficient (Wildman–Crippen LogP) is 3.57. The van der Waals surface area contributed by atoms with Gasteiger partial charge in [0.1, 0.15) is 16.7 Å². The number of nitrogens with zero attached hydrogens (tertiary/aromatic N) is 4. The Balaban J connectivity index is 1.51. The second kappa shape index (κ2) is 7.75. The molecule has 0 aliphatic carbocycles. The van der Waals surface area contributed by atoms with Crippen molar-refractivity contribution in [3.63, 3.8) is 0 Å². The fourth-order valence-corrected chi connectivity index (χ4v) is 5.45. The number of rotatable bonds is 4. The van der Waals surface area contributed by atoms with Crippen LogP contribution in [0.1, 0.15) is 51.2 Å². The molecule has 7 nitrogen and oxygen atoms in total. The highest BCUT2D eigenvalue weighted by atomic mass is 32.1. The maximum atomic E-state index is 13.7. The number of fused-ring (bicyclic) bond motifs is 1. The summed E-state index contributed by atoms with van der Waals surface area (Å²) in [5.41, 5.74) is 3.85. The number of thiazole rings is 1. The van der Waals surface area contributed by atoms with Crippen LogP contribution in [0.25, 0.3) is 0 Å². The summed E-state index contributed by atoms with van der Waals surface area (Å²) in [7, 11) is 1.65. The molecule has 1 fully saturated rings. The van der Waals surface area contributed by atoms with Crippen molar-refractivity contribution in [2.45, 2.75) is 32.2 Å². The second-order valence-corrected chi connectivity index (χ2v) is 8.77. The van der Waals surface area contributed by atoms with Gasteiger partial charge in [0.25, 0.3) is 5.91 Å². The van der Waals surface area contributed by atoms with Crippen LogP contribution in [-0.4, -0.2) is 52.5 Å². The molecule has 5 rings (SSSR count). The van der Waals surface area contributed by atoms with Crippen LogP contribution < -0.4 is 9.64 Å². The van der Waals surface area contributed by atoms with Gasteiger partial charge < -0.3 is 19.5 Å². The van der Waals surface area contributed by atoms with E-state index in [4.69, 9.17) is 9.72 Å². The Morgan fingerprint density at radius 2 is 1.97 bits per heavy atom. The Labute approximate surface area is 179 Å². The molecule has 30 heavy (non-hydrogen) atoms. The first-order valence-electron chi connectivity index (χ1n) is 10.3. The van der Waals surface area contributed by atoms with Crippen LogP contribution in [0.15, 0.2) is 30.6 Å². The van der Waals surface area contributed by atoms with Gasteiger partial charge >= 0.3 is 0 Å². The molecule has 1 amide bonds. The van der Waals surface area contributed by atoms with Gasteiger partial charge in [0.15, 0.2) is 5.13 Å². The van der Waals surface area contributed by atoms with Gasteiger partial charge in [-0.3, -0.25) is 4.79 Å². The molecule has 2 aliphatic rings. The van der Waals surface area contributed by atoms with Gasteiger partial charge in [-0.25, -0.2) is 9.97 Å². The molecule has 0 radical (unpaired) electrons. The topological polar surface area (TPSA) is 74.3 Å². The van der Waals surface area contributed by atoms with Crippen LogP contribution in [-0.2, 0) is 6.42 Å². The maximum Gasteiger partial charge on any atom is 0.266 e. The van der Waals surface area contributed by atoms with Crippen molar-refractivity contribution in [3.05, 3.63) is 58.1 Å². The van der Waals surface area contributed by atoms with Crippen LogP contribution in [0.3, 0.4) is 0 Å². The first-order chi connectivity index (χ1) is 14.7. The van der Waals surface area contributed by atoms with Crippen LogP contribution in [0.2, 0.25) is 0 Å². The van der Waals surface area contributed by atoms with Crippen LogP contribution in [0, 0.1) is 6.92 Å².